The lowest BCUT2D eigenvalue weighted by atomic mass is 10.1. The van der Waals surface area contributed by atoms with Crippen molar-refractivity contribution in [2.75, 3.05) is 40.9 Å². The third kappa shape index (κ3) is 42.3. The number of amides is 1. The highest BCUT2D eigenvalue weighted by Gasteiger charge is 2.27. The van der Waals surface area contributed by atoms with Crippen LogP contribution in [0.2, 0.25) is 0 Å². The van der Waals surface area contributed by atoms with Crippen LogP contribution in [0.15, 0.2) is 60.8 Å². The lowest BCUT2D eigenvalue weighted by Crippen LogP contribution is -2.45. The Morgan fingerprint density at radius 1 is 0.586 bits per heavy atom. The number of phosphoric ester groups is 1. The number of quaternary nitrogens is 1. The van der Waals surface area contributed by atoms with E-state index < -0.39 is 20.0 Å². The van der Waals surface area contributed by atoms with Crippen LogP contribution in [0.4, 0.5) is 0 Å². The number of rotatable bonds is 42. The maximum Gasteiger partial charge on any atom is 0.472 e. The number of allylic oxidation sites excluding steroid dienone is 9. The summed E-state index contributed by atoms with van der Waals surface area (Å²) in [6.07, 6.45) is 52.9. The largest absolute Gasteiger partial charge is 0.472 e. The minimum absolute atomic E-state index is 0.0497. The first-order valence-corrected chi connectivity index (χ1v) is 25.2. The lowest BCUT2D eigenvalue weighted by Gasteiger charge is -2.25. The molecule has 0 aliphatic rings. The minimum Gasteiger partial charge on any atom is -0.387 e. The summed E-state index contributed by atoms with van der Waals surface area (Å²) in [6.45, 7) is 4.74. The van der Waals surface area contributed by atoms with Crippen LogP contribution >= 0.6 is 7.82 Å². The molecule has 0 aromatic carbocycles. The molecule has 0 saturated carbocycles. The SMILES string of the molecule is CCCCC/C=C\C/C=C\CCCCCCCCCC(=O)NC(COP(=O)(O)OCC[N+](C)(C)C)C(O)/C=C/CC/C=C/CC/C=C/CCCCCCCCCCC. The molecular formula is C49H92N2O6P+. The van der Waals surface area contributed by atoms with E-state index in [4.69, 9.17) is 9.05 Å². The van der Waals surface area contributed by atoms with Crippen LogP contribution in [0.25, 0.3) is 0 Å². The van der Waals surface area contributed by atoms with E-state index in [1.165, 1.54) is 109 Å². The third-order valence-electron chi connectivity index (χ3n) is 10.2. The summed E-state index contributed by atoms with van der Waals surface area (Å²) in [7, 11) is 1.53. The Hall–Kier alpha value is -1.80. The van der Waals surface area contributed by atoms with E-state index in [2.05, 4.69) is 67.8 Å². The smallest absolute Gasteiger partial charge is 0.387 e. The van der Waals surface area contributed by atoms with Crippen molar-refractivity contribution in [3.63, 3.8) is 0 Å². The highest BCUT2D eigenvalue weighted by Crippen LogP contribution is 2.43. The van der Waals surface area contributed by atoms with Crippen molar-refractivity contribution in [2.24, 2.45) is 0 Å². The second-order valence-corrected chi connectivity index (χ2v) is 18.6. The first-order valence-electron chi connectivity index (χ1n) is 23.7. The van der Waals surface area contributed by atoms with Gasteiger partial charge in [0.2, 0.25) is 5.91 Å². The number of carbonyl (C=O) groups excluding carboxylic acids is 1. The fourth-order valence-corrected chi connectivity index (χ4v) is 7.13. The molecule has 0 aliphatic carbocycles. The van der Waals surface area contributed by atoms with Crippen molar-refractivity contribution < 1.29 is 32.9 Å². The summed E-state index contributed by atoms with van der Waals surface area (Å²) in [5.74, 6) is -0.201. The van der Waals surface area contributed by atoms with Gasteiger partial charge in [-0.3, -0.25) is 13.8 Å². The summed E-state index contributed by atoms with van der Waals surface area (Å²) in [5, 5.41) is 13.8. The monoisotopic (exact) mass is 836 g/mol. The number of phosphoric acid groups is 1. The molecule has 338 valence electrons. The van der Waals surface area contributed by atoms with Crippen molar-refractivity contribution in [1.29, 1.82) is 0 Å². The number of likely N-dealkylation sites (N-methyl/N-ethyl adjacent to an activating group) is 1. The normalized spacial score (nSPS) is 14.8. The molecule has 58 heavy (non-hydrogen) atoms. The second-order valence-electron chi connectivity index (χ2n) is 17.1. The summed E-state index contributed by atoms with van der Waals surface area (Å²) in [4.78, 5) is 23.1. The number of nitrogens with zero attached hydrogens (tertiary/aromatic N) is 1. The van der Waals surface area contributed by atoms with Crippen LogP contribution in [0.1, 0.15) is 194 Å². The molecule has 0 aromatic heterocycles. The van der Waals surface area contributed by atoms with Gasteiger partial charge in [-0.15, -0.1) is 0 Å². The van der Waals surface area contributed by atoms with Crippen molar-refractivity contribution in [3.05, 3.63) is 60.8 Å². The predicted octanol–water partition coefficient (Wildman–Crippen LogP) is 13.4. The topological polar surface area (TPSA) is 105 Å². The zero-order valence-electron chi connectivity index (χ0n) is 38.3. The van der Waals surface area contributed by atoms with Crippen molar-refractivity contribution in [1.82, 2.24) is 5.32 Å². The van der Waals surface area contributed by atoms with Crippen LogP contribution in [-0.2, 0) is 18.4 Å². The first-order chi connectivity index (χ1) is 28.0. The van der Waals surface area contributed by atoms with Crippen LogP contribution in [0.3, 0.4) is 0 Å². The Labute approximate surface area is 358 Å². The van der Waals surface area contributed by atoms with Gasteiger partial charge in [0.1, 0.15) is 13.2 Å². The van der Waals surface area contributed by atoms with Crippen LogP contribution in [-0.4, -0.2) is 73.4 Å². The number of aliphatic hydroxyl groups excluding tert-OH is 1. The highest BCUT2D eigenvalue weighted by molar-refractivity contribution is 7.47. The average Bonchev–Trinajstić information content (AvgIpc) is 3.17. The Balaban J connectivity index is 4.49. The maximum absolute atomic E-state index is 12.9. The summed E-state index contributed by atoms with van der Waals surface area (Å²) < 4.78 is 23.6. The molecule has 9 heteroatoms. The lowest BCUT2D eigenvalue weighted by molar-refractivity contribution is -0.870. The van der Waals surface area contributed by atoms with Gasteiger partial charge in [0.15, 0.2) is 0 Å². The Bertz CT molecular complexity index is 1130. The molecule has 0 fully saturated rings. The molecule has 1 amide bonds. The highest BCUT2D eigenvalue weighted by atomic mass is 31.2. The quantitative estimate of drug-likeness (QED) is 0.0245. The van der Waals surface area contributed by atoms with Crippen molar-refractivity contribution >= 4 is 13.7 Å². The fraction of sp³-hybridized carbons (Fsp3) is 0.776. The van der Waals surface area contributed by atoms with Gasteiger partial charge in [0.05, 0.1) is 39.9 Å². The van der Waals surface area contributed by atoms with Crippen LogP contribution < -0.4 is 5.32 Å². The molecule has 3 unspecified atom stereocenters. The molecular weight excluding hydrogens is 744 g/mol. The molecule has 0 heterocycles. The van der Waals surface area contributed by atoms with Gasteiger partial charge < -0.3 is 19.8 Å². The zero-order valence-corrected chi connectivity index (χ0v) is 39.2. The van der Waals surface area contributed by atoms with Crippen molar-refractivity contribution in [3.8, 4) is 0 Å². The standard InChI is InChI=1S/C49H91N2O6P/c1-6-8-10-12-14-16-18-20-22-24-25-27-28-30-32-34-36-38-40-42-48(52)47(46-57-58(54,55)56-45-44-51(3,4)5)50-49(53)43-41-39-37-35-33-31-29-26-23-21-19-17-15-13-11-9-7-2/h15,17,21,23,25,27,32,34,40,42,47-48,52H,6-14,16,18-20,22,24,26,28-31,33,35-39,41,43-46H2,1-5H3,(H-,50,53,54,55)/p+1/b17-15-,23-21-,27-25+,34-32+,42-40+. The van der Waals surface area contributed by atoms with E-state index >= 15 is 0 Å². The number of unbranched alkanes of at least 4 members (excludes halogenated alkanes) is 21. The molecule has 0 aliphatic heterocycles. The number of nitrogens with one attached hydrogen (secondary N) is 1. The number of hydrogen-bond donors (Lipinski definition) is 3. The van der Waals surface area contributed by atoms with Crippen LogP contribution in [0.5, 0.6) is 0 Å². The van der Waals surface area contributed by atoms with Gasteiger partial charge in [-0.05, 0) is 77.0 Å². The molecule has 0 radical (unpaired) electrons. The van der Waals surface area contributed by atoms with E-state index in [1.54, 1.807) is 6.08 Å². The minimum atomic E-state index is -4.36. The third-order valence-corrected chi connectivity index (χ3v) is 11.2. The number of hydrogen-bond acceptors (Lipinski definition) is 5. The first kappa shape index (κ1) is 56.2. The number of carbonyl (C=O) groups is 1. The van der Waals surface area contributed by atoms with Gasteiger partial charge in [-0.1, -0.05) is 171 Å². The van der Waals surface area contributed by atoms with Crippen molar-refractivity contribution in [2.45, 2.75) is 206 Å². The van der Waals surface area contributed by atoms with E-state index in [9.17, 15) is 19.4 Å². The average molecular weight is 836 g/mol. The van der Waals surface area contributed by atoms with E-state index in [0.717, 1.165) is 64.2 Å². The molecule has 0 saturated heterocycles. The Morgan fingerprint density at radius 3 is 1.52 bits per heavy atom. The number of aliphatic hydroxyl groups is 1. The zero-order chi connectivity index (χ0) is 42.8. The fourth-order valence-electron chi connectivity index (χ4n) is 6.40. The van der Waals surface area contributed by atoms with Gasteiger partial charge in [-0.25, -0.2) is 4.57 Å². The summed E-state index contributed by atoms with van der Waals surface area (Å²) in [6, 6.07) is -0.875. The summed E-state index contributed by atoms with van der Waals surface area (Å²) in [5.41, 5.74) is 0. The van der Waals surface area contributed by atoms with E-state index in [-0.39, 0.29) is 19.1 Å². The van der Waals surface area contributed by atoms with E-state index in [0.29, 0.717) is 17.4 Å². The van der Waals surface area contributed by atoms with Gasteiger partial charge in [0.25, 0.3) is 0 Å². The summed E-state index contributed by atoms with van der Waals surface area (Å²) >= 11 is 0. The van der Waals surface area contributed by atoms with Gasteiger partial charge in [-0.2, -0.15) is 0 Å². The van der Waals surface area contributed by atoms with Gasteiger partial charge in [0, 0.05) is 6.42 Å². The van der Waals surface area contributed by atoms with Crippen LogP contribution in [0, 0.1) is 0 Å². The molecule has 3 atom stereocenters. The molecule has 8 nitrogen and oxygen atoms in total. The molecule has 0 spiro atoms. The molecule has 0 rings (SSSR count). The molecule has 0 aromatic rings. The Kier molecular flexibility index (Phi) is 39.3. The maximum atomic E-state index is 12.9. The van der Waals surface area contributed by atoms with E-state index in [1.807, 2.05) is 27.2 Å². The molecule has 0 bridgehead atoms. The Morgan fingerprint density at radius 2 is 1.00 bits per heavy atom. The predicted molar refractivity (Wildman–Crippen MR) is 249 cm³/mol. The molecule has 3 N–H and O–H groups in total. The second kappa shape index (κ2) is 40.6. The van der Waals surface area contributed by atoms with Gasteiger partial charge >= 0.3 is 7.82 Å².